The van der Waals surface area contributed by atoms with Crippen LogP contribution in [0.15, 0.2) is 48.6 Å². The summed E-state index contributed by atoms with van der Waals surface area (Å²) in [5.41, 5.74) is 0. The van der Waals surface area contributed by atoms with Gasteiger partial charge in [-0.3, -0.25) is 14.2 Å². The molecule has 3 atom stereocenters. The SMILES string of the molecule is CCCC/C=C\CCCCCCCC(=O)OC(/C=C\CCCCCCCCCCC)C(COP(=O)([O-])OCC[N+](C)(C)C)NC(=O)CCCCCCCCCCCCCCCCCCC/C=C\C/C=C\CCCCC. The lowest BCUT2D eigenvalue weighted by Gasteiger charge is -2.30. The van der Waals surface area contributed by atoms with E-state index in [1.54, 1.807) is 0 Å². The molecule has 0 radical (unpaired) electrons. The highest BCUT2D eigenvalue weighted by molar-refractivity contribution is 7.45. The number of phosphoric ester groups is 1. The normalized spacial score (nSPS) is 14.0. The monoisotopic (exact) mass is 1070 g/mol. The average molecular weight is 1080 g/mol. The Balaban J connectivity index is 4.93. The zero-order chi connectivity index (χ0) is 55.0. The maximum absolute atomic E-state index is 13.5. The van der Waals surface area contributed by atoms with E-state index in [9.17, 15) is 19.0 Å². The van der Waals surface area contributed by atoms with Gasteiger partial charge >= 0.3 is 5.97 Å². The van der Waals surface area contributed by atoms with Crippen LogP contribution < -0.4 is 10.2 Å². The number of hydrogen-bond donors (Lipinski definition) is 1. The molecule has 0 saturated heterocycles. The summed E-state index contributed by atoms with van der Waals surface area (Å²) < 4.78 is 30.2. The van der Waals surface area contributed by atoms with E-state index in [4.69, 9.17) is 13.8 Å². The summed E-state index contributed by atoms with van der Waals surface area (Å²) >= 11 is 0. The maximum atomic E-state index is 13.5. The van der Waals surface area contributed by atoms with Crippen molar-refractivity contribution in [1.82, 2.24) is 5.32 Å². The molecule has 0 aliphatic carbocycles. The second kappa shape index (κ2) is 55.3. The summed E-state index contributed by atoms with van der Waals surface area (Å²) in [5, 5.41) is 3.03. The number of phosphoric acid groups is 1. The second-order valence-corrected chi connectivity index (χ2v) is 24.3. The van der Waals surface area contributed by atoms with E-state index < -0.39 is 20.0 Å². The van der Waals surface area contributed by atoms with Crippen LogP contribution in [0.1, 0.15) is 303 Å². The number of quaternary nitrogens is 1. The lowest BCUT2D eigenvalue weighted by Crippen LogP contribution is -2.47. The summed E-state index contributed by atoms with van der Waals surface area (Å²) in [6.45, 7) is 6.79. The lowest BCUT2D eigenvalue weighted by atomic mass is 10.0. The van der Waals surface area contributed by atoms with E-state index >= 15 is 0 Å². The Bertz CT molecular complexity index is 1420. The van der Waals surface area contributed by atoms with Crippen molar-refractivity contribution in [1.29, 1.82) is 0 Å². The smallest absolute Gasteiger partial charge is 0.306 e. The summed E-state index contributed by atoms with van der Waals surface area (Å²) in [7, 11) is 1.19. The Kier molecular flexibility index (Phi) is 53.8. The molecule has 0 bridgehead atoms. The molecular weight excluding hydrogens is 952 g/mol. The Hall–Kier alpha value is -2.03. The molecule has 3 unspecified atom stereocenters. The van der Waals surface area contributed by atoms with Crippen LogP contribution in [-0.4, -0.2) is 69.4 Å². The standard InChI is InChI=1S/C65H123N2O7P/c1-7-10-13-16-19-22-25-26-27-28-29-30-31-32-33-34-35-36-37-38-39-40-43-45-48-51-54-57-64(68)66-62(61-73-75(70,71)72-60-59-67(4,5)6)63(56-53-50-47-44-41-23-20-17-14-11-8-2)74-65(69)58-55-52-49-46-42-24-21-18-15-12-9-3/h18-19,21-22,26-27,53,56,62-63H,7-17,20,23-25,28-52,54-55,57-61H2,1-6H3,(H-,66,68,70,71)/b21-18-,22-19-,27-26-,56-53-. The molecule has 0 aromatic carbocycles. The van der Waals surface area contributed by atoms with Gasteiger partial charge in [-0.15, -0.1) is 0 Å². The van der Waals surface area contributed by atoms with Gasteiger partial charge in [0.25, 0.3) is 7.82 Å². The Morgan fingerprint density at radius 3 is 1.28 bits per heavy atom. The number of carbonyl (C=O) groups excluding carboxylic acids is 2. The highest BCUT2D eigenvalue weighted by atomic mass is 31.2. The van der Waals surface area contributed by atoms with Crippen molar-refractivity contribution in [3.63, 3.8) is 0 Å². The van der Waals surface area contributed by atoms with Gasteiger partial charge in [-0.05, 0) is 83.1 Å². The molecule has 75 heavy (non-hydrogen) atoms. The number of unbranched alkanes of at least 4 members (excludes halogenated alkanes) is 36. The average Bonchev–Trinajstić information content (AvgIpc) is 3.37. The largest absolute Gasteiger partial charge is 0.756 e. The molecule has 0 rings (SSSR count). The molecule has 0 heterocycles. The first-order chi connectivity index (χ1) is 36.4. The van der Waals surface area contributed by atoms with E-state index in [-0.39, 0.29) is 31.5 Å². The first kappa shape index (κ1) is 73.0. The van der Waals surface area contributed by atoms with Gasteiger partial charge in [0.05, 0.1) is 33.8 Å². The van der Waals surface area contributed by atoms with E-state index in [2.05, 4.69) is 62.5 Å². The second-order valence-electron chi connectivity index (χ2n) is 22.9. The van der Waals surface area contributed by atoms with Crippen LogP contribution in [0.3, 0.4) is 0 Å². The van der Waals surface area contributed by atoms with Gasteiger partial charge in [0.2, 0.25) is 5.91 Å². The van der Waals surface area contributed by atoms with Crippen molar-refractivity contribution in [3.05, 3.63) is 48.6 Å². The number of allylic oxidation sites excluding steroid dienone is 7. The molecule has 0 spiro atoms. The quantitative estimate of drug-likeness (QED) is 0.0212. The summed E-state index contributed by atoms with van der Waals surface area (Å²) in [6.07, 6.45) is 68.1. The topological polar surface area (TPSA) is 114 Å². The van der Waals surface area contributed by atoms with Crippen LogP contribution in [0.25, 0.3) is 0 Å². The fourth-order valence-corrected chi connectivity index (χ4v) is 9.96. The molecule has 10 heteroatoms. The number of likely N-dealkylation sites (N-methyl/N-ethyl adjacent to an activating group) is 1. The minimum Gasteiger partial charge on any atom is -0.756 e. The minimum absolute atomic E-state index is 0.0224. The molecule has 440 valence electrons. The van der Waals surface area contributed by atoms with Gasteiger partial charge < -0.3 is 28.5 Å². The number of amides is 1. The van der Waals surface area contributed by atoms with Crippen molar-refractivity contribution in [2.45, 2.75) is 315 Å². The Morgan fingerprint density at radius 1 is 0.467 bits per heavy atom. The number of rotatable bonds is 58. The fraction of sp³-hybridized carbons (Fsp3) is 0.846. The molecule has 0 saturated carbocycles. The number of carbonyl (C=O) groups is 2. The van der Waals surface area contributed by atoms with Gasteiger partial charge in [0, 0.05) is 12.8 Å². The van der Waals surface area contributed by atoms with Crippen molar-refractivity contribution in [2.75, 3.05) is 40.9 Å². The minimum atomic E-state index is -4.69. The van der Waals surface area contributed by atoms with Crippen molar-refractivity contribution >= 4 is 19.7 Å². The number of ether oxygens (including phenoxy) is 1. The molecule has 0 aliphatic heterocycles. The lowest BCUT2D eigenvalue weighted by molar-refractivity contribution is -0.870. The van der Waals surface area contributed by atoms with Crippen LogP contribution in [0.2, 0.25) is 0 Å². The Labute approximate surface area is 465 Å². The molecule has 0 aromatic rings. The zero-order valence-electron chi connectivity index (χ0n) is 50.3. The van der Waals surface area contributed by atoms with Gasteiger partial charge in [0.15, 0.2) is 0 Å². The van der Waals surface area contributed by atoms with Crippen LogP contribution in [0.5, 0.6) is 0 Å². The van der Waals surface area contributed by atoms with Crippen LogP contribution >= 0.6 is 7.82 Å². The third kappa shape index (κ3) is 56.5. The third-order valence-corrected chi connectivity index (χ3v) is 15.2. The van der Waals surface area contributed by atoms with Gasteiger partial charge in [-0.2, -0.15) is 0 Å². The highest BCUT2D eigenvalue weighted by Crippen LogP contribution is 2.38. The van der Waals surface area contributed by atoms with Crippen LogP contribution in [0, 0.1) is 0 Å². The number of hydrogen-bond acceptors (Lipinski definition) is 7. The predicted molar refractivity (Wildman–Crippen MR) is 321 cm³/mol. The summed E-state index contributed by atoms with van der Waals surface area (Å²) in [6, 6.07) is -0.888. The first-order valence-corrected chi connectivity index (χ1v) is 33.4. The molecule has 0 aromatic heterocycles. The summed E-state index contributed by atoms with van der Waals surface area (Å²) in [5.74, 6) is -0.544. The third-order valence-electron chi connectivity index (χ3n) is 14.2. The van der Waals surface area contributed by atoms with Gasteiger partial charge in [-0.1, -0.05) is 256 Å². The molecule has 0 aliphatic rings. The summed E-state index contributed by atoms with van der Waals surface area (Å²) in [4.78, 5) is 39.9. The fourth-order valence-electron chi connectivity index (χ4n) is 9.24. The van der Waals surface area contributed by atoms with Gasteiger partial charge in [-0.25, -0.2) is 0 Å². The van der Waals surface area contributed by atoms with Crippen LogP contribution in [-0.2, 0) is 27.9 Å². The maximum Gasteiger partial charge on any atom is 0.306 e. The van der Waals surface area contributed by atoms with E-state index in [0.29, 0.717) is 17.4 Å². The Morgan fingerprint density at radius 2 is 0.827 bits per heavy atom. The predicted octanol–water partition coefficient (Wildman–Crippen LogP) is 19.0. The molecule has 1 amide bonds. The first-order valence-electron chi connectivity index (χ1n) is 31.9. The van der Waals surface area contributed by atoms with Crippen molar-refractivity contribution < 1.29 is 37.3 Å². The molecular formula is C65H123N2O7P. The van der Waals surface area contributed by atoms with E-state index in [1.807, 2.05) is 33.3 Å². The molecule has 0 fully saturated rings. The van der Waals surface area contributed by atoms with Gasteiger partial charge in [0.1, 0.15) is 19.3 Å². The number of esters is 1. The van der Waals surface area contributed by atoms with Crippen molar-refractivity contribution in [2.24, 2.45) is 0 Å². The van der Waals surface area contributed by atoms with E-state index in [1.165, 1.54) is 180 Å². The van der Waals surface area contributed by atoms with E-state index in [0.717, 1.165) is 89.9 Å². The van der Waals surface area contributed by atoms with Crippen LogP contribution in [0.4, 0.5) is 0 Å². The zero-order valence-corrected chi connectivity index (χ0v) is 51.2. The number of nitrogens with zero attached hydrogens (tertiary/aromatic N) is 1. The molecule has 9 nitrogen and oxygen atoms in total. The van der Waals surface area contributed by atoms with Crippen molar-refractivity contribution in [3.8, 4) is 0 Å². The molecule has 1 N–H and O–H groups in total. The highest BCUT2D eigenvalue weighted by Gasteiger charge is 2.27. The number of nitrogens with one attached hydrogen (secondary N) is 1.